The summed E-state index contributed by atoms with van der Waals surface area (Å²) >= 11 is 0. The number of hydrogen-bond acceptors (Lipinski definition) is 1. The van der Waals surface area contributed by atoms with Crippen molar-refractivity contribution in [2.24, 2.45) is 0 Å². The molecule has 0 heterocycles. The Morgan fingerprint density at radius 2 is 1.53 bits per heavy atom. The molecule has 0 N–H and O–H groups in total. The van der Waals surface area contributed by atoms with Gasteiger partial charge < -0.3 is 4.74 Å². The molecule has 0 fully saturated rings. The van der Waals surface area contributed by atoms with E-state index in [1.807, 2.05) is 40.7 Å². The van der Waals surface area contributed by atoms with E-state index in [0.29, 0.717) is 6.61 Å². The van der Waals surface area contributed by atoms with Crippen molar-refractivity contribution < 1.29 is 4.74 Å². The molecular weight excluding hydrogens is 208 g/mol. The van der Waals surface area contributed by atoms with Crippen LogP contribution in [0.2, 0.25) is 0 Å². The average Bonchev–Trinajstić information content (AvgIpc) is 2.35. The highest BCUT2D eigenvalue weighted by Gasteiger charge is 1.99. The van der Waals surface area contributed by atoms with Crippen LogP contribution in [0.5, 0.6) is 0 Å². The molecule has 0 unspecified atom stereocenters. The van der Waals surface area contributed by atoms with Crippen LogP contribution in [0.4, 0.5) is 0 Å². The van der Waals surface area contributed by atoms with Gasteiger partial charge in [0.15, 0.2) is 0 Å². The predicted octanol–water partition coefficient (Wildman–Crippen LogP) is 5.89. The Kier molecular flexibility index (Phi) is 21.8. The highest BCUT2D eigenvalue weighted by molar-refractivity contribution is 5.29. The van der Waals surface area contributed by atoms with Crippen molar-refractivity contribution in [2.45, 2.75) is 61.8 Å². The summed E-state index contributed by atoms with van der Waals surface area (Å²) in [7, 11) is 0. The van der Waals surface area contributed by atoms with E-state index in [4.69, 9.17) is 4.74 Å². The van der Waals surface area contributed by atoms with E-state index < -0.39 is 0 Å². The van der Waals surface area contributed by atoms with E-state index in [1.54, 1.807) is 0 Å². The highest BCUT2D eigenvalue weighted by atomic mass is 16.5. The Hall–Kier alpha value is -0.980. The SMILES string of the molecule is C=C/C(CC)=C(\C=C(C)C)OCC.CC.CC. The molecule has 0 saturated carbocycles. The largest absolute Gasteiger partial charge is 0.494 e. The molecule has 0 aromatic carbocycles. The van der Waals surface area contributed by atoms with Gasteiger partial charge in [-0.15, -0.1) is 0 Å². The van der Waals surface area contributed by atoms with Crippen LogP contribution in [-0.2, 0) is 4.74 Å². The van der Waals surface area contributed by atoms with Crippen LogP contribution in [0.1, 0.15) is 61.8 Å². The summed E-state index contributed by atoms with van der Waals surface area (Å²) in [6.07, 6.45) is 4.89. The summed E-state index contributed by atoms with van der Waals surface area (Å²) in [6, 6.07) is 0. The molecule has 0 aliphatic heterocycles. The van der Waals surface area contributed by atoms with Gasteiger partial charge in [-0.05, 0) is 38.8 Å². The van der Waals surface area contributed by atoms with Gasteiger partial charge in [0.2, 0.25) is 0 Å². The first-order chi connectivity index (χ1) is 8.15. The van der Waals surface area contributed by atoms with Crippen molar-refractivity contribution in [3.05, 3.63) is 35.6 Å². The molecule has 0 aromatic rings. The summed E-state index contributed by atoms with van der Waals surface area (Å²) in [6.45, 7) is 20.7. The lowest BCUT2D eigenvalue weighted by molar-refractivity contribution is 0.239. The van der Waals surface area contributed by atoms with E-state index >= 15 is 0 Å². The fourth-order valence-electron chi connectivity index (χ4n) is 1.06. The van der Waals surface area contributed by atoms with Crippen molar-refractivity contribution in [2.75, 3.05) is 6.61 Å². The van der Waals surface area contributed by atoms with Gasteiger partial charge >= 0.3 is 0 Å². The van der Waals surface area contributed by atoms with Gasteiger partial charge in [-0.2, -0.15) is 0 Å². The standard InChI is InChI=1S/C12H20O.2C2H6/c1-6-11(7-2)12(13-8-3)9-10(4)5;2*1-2/h6,9H,1,7-8H2,2-5H3;2*1-2H3/b12-11-;;. The van der Waals surface area contributed by atoms with Crippen molar-refractivity contribution in [1.29, 1.82) is 0 Å². The normalized spacial score (nSPS) is 9.65. The Morgan fingerprint density at radius 3 is 1.76 bits per heavy atom. The van der Waals surface area contributed by atoms with Crippen LogP contribution in [0.15, 0.2) is 35.6 Å². The fourth-order valence-corrected chi connectivity index (χ4v) is 1.06. The van der Waals surface area contributed by atoms with E-state index in [9.17, 15) is 0 Å². The zero-order valence-corrected chi connectivity index (χ0v) is 13.2. The van der Waals surface area contributed by atoms with Gasteiger partial charge in [0.1, 0.15) is 5.76 Å². The van der Waals surface area contributed by atoms with E-state index in [2.05, 4.69) is 33.4 Å². The van der Waals surface area contributed by atoms with Crippen LogP contribution in [0.25, 0.3) is 0 Å². The van der Waals surface area contributed by atoms with Gasteiger partial charge in [0.25, 0.3) is 0 Å². The van der Waals surface area contributed by atoms with Crippen LogP contribution in [0.3, 0.4) is 0 Å². The molecule has 0 aromatic heterocycles. The molecule has 0 rings (SSSR count). The van der Waals surface area contributed by atoms with E-state index in [0.717, 1.165) is 12.2 Å². The third-order valence-corrected chi connectivity index (χ3v) is 1.66. The van der Waals surface area contributed by atoms with Crippen molar-refractivity contribution in [3.8, 4) is 0 Å². The van der Waals surface area contributed by atoms with Gasteiger partial charge in [0, 0.05) is 0 Å². The first kappa shape index (κ1) is 21.3. The minimum absolute atomic E-state index is 0.705. The van der Waals surface area contributed by atoms with Crippen LogP contribution in [-0.4, -0.2) is 6.61 Å². The second-order valence-corrected chi connectivity index (χ2v) is 3.10. The maximum atomic E-state index is 5.53. The van der Waals surface area contributed by atoms with Crippen LogP contribution >= 0.6 is 0 Å². The van der Waals surface area contributed by atoms with Gasteiger partial charge in [0.05, 0.1) is 6.61 Å². The second kappa shape index (κ2) is 17.4. The third kappa shape index (κ3) is 13.0. The van der Waals surface area contributed by atoms with E-state index in [1.165, 1.54) is 11.1 Å². The topological polar surface area (TPSA) is 9.23 Å². The number of ether oxygens (including phenoxy) is 1. The van der Waals surface area contributed by atoms with Crippen molar-refractivity contribution in [1.82, 2.24) is 0 Å². The Balaban J connectivity index is -0.000000439. The lowest BCUT2D eigenvalue weighted by Gasteiger charge is -2.08. The second-order valence-electron chi connectivity index (χ2n) is 3.10. The quantitative estimate of drug-likeness (QED) is 0.430. The Bertz CT molecular complexity index is 218. The van der Waals surface area contributed by atoms with Crippen molar-refractivity contribution in [3.63, 3.8) is 0 Å². The Labute approximate surface area is 109 Å². The molecule has 0 bridgehead atoms. The molecule has 17 heavy (non-hydrogen) atoms. The molecule has 1 heteroatoms. The third-order valence-electron chi connectivity index (χ3n) is 1.66. The van der Waals surface area contributed by atoms with Crippen molar-refractivity contribution >= 4 is 0 Å². The molecule has 0 atom stereocenters. The molecule has 0 saturated heterocycles. The lowest BCUT2D eigenvalue weighted by atomic mass is 10.1. The zero-order chi connectivity index (χ0) is 14.3. The minimum Gasteiger partial charge on any atom is -0.494 e. The fraction of sp³-hybridized carbons (Fsp3) is 0.625. The minimum atomic E-state index is 0.705. The lowest BCUT2D eigenvalue weighted by Crippen LogP contribution is -1.93. The first-order valence-electron chi connectivity index (χ1n) is 6.78. The first-order valence-corrected chi connectivity index (χ1v) is 6.78. The molecule has 0 aliphatic rings. The predicted molar refractivity (Wildman–Crippen MR) is 81.3 cm³/mol. The number of hydrogen-bond donors (Lipinski definition) is 0. The van der Waals surface area contributed by atoms with Gasteiger partial charge in [-0.1, -0.05) is 52.8 Å². The van der Waals surface area contributed by atoms with Crippen LogP contribution in [0, 0.1) is 0 Å². The Morgan fingerprint density at radius 1 is 1.06 bits per heavy atom. The maximum absolute atomic E-state index is 5.53. The summed E-state index contributed by atoms with van der Waals surface area (Å²) in [5.41, 5.74) is 2.42. The number of allylic oxidation sites excluding steroid dienone is 4. The monoisotopic (exact) mass is 240 g/mol. The molecular formula is C16H32O. The summed E-state index contributed by atoms with van der Waals surface area (Å²) in [4.78, 5) is 0. The van der Waals surface area contributed by atoms with Gasteiger partial charge in [-0.25, -0.2) is 0 Å². The summed E-state index contributed by atoms with van der Waals surface area (Å²) in [5.74, 6) is 0.958. The molecule has 0 spiro atoms. The van der Waals surface area contributed by atoms with Crippen LogP contribution < -0.4 is 0 Å². The van der Waals surface area contributed by atoms with Gasteiger partial charge in [-0.3, -0.25) is 0 Å². The summed E-state index contributed by atoms with van der Waals surface area (Å²) in [5, 5.41) is 0. The smallest absolute Gasteiger partial charge is 0.122 e. The molecule has 0 amide bonds. The molecule has 102 valence electrons. The molecule has 0 radical (unpaired) electrons. The number of rotatable bonds is 5. The maximum Gasteiger partial charge on any atom is 0.122 e. The molecule has 0 aliphatic carbocycles. The molecule has 1 nitrogen and oxygen atoms in total. The summed E-state index contributed by atoms with van der Waals surface area (Å²) < 4.78 is 5.53. The highest BCUT2D eigenvalue weighted by Crippen LogP contribution is 2.14. The van der Waals surface area contributed by atoms with E-state index in [-0.39, 0.29) is 0 Å². The average molecular weight is 240 g/mol. The zero-order valence-electron chi connectivity index (χ0n) is 13.2.